The van der Waals surface area contributed by atoms with Crippen LogP contribution in [0.2, 0.25) is 0 Å². The molecule has 3 fully saturated rings. The van der Waals surface area contributed by atoms with E-state index in [0.717, 1.165) is 0 Å². The number of carbonyl (C=O) groups excluding carboxylic acids is 6. The Kier molecular flexibility index (Phi) is 9.87. The highest BCUT2D eigenvalue weighted by atomic mass is 16.6. The molecule has 6 amide bonds. The maximum Gasteiger partial charge on any atom is 0.410 e. The zero-order valence-corrected chi connectivity index (χ0v) is 26.7. The number of ketones is 1. The van der Waals surface area contributed by atoms with Crippen molar-refractivity contribution in [3.63, 3.8) is 0 Å². The molecule has 0 bridgehead atoms. The monoisotopic (exact) mass is 604 g/mol. The number of nitrogens with one attached hydrogen (secondary N) is 4. The highest BCUT2D eigenvalue weighted by Gasteiger charge is 2.69. The number of fused-ring (bicyclic) bond motifs is 1. The van der Waals surface area contributed by atoms with E-state index in [1.165, 1.54) is 15.9 Å². The lowest BCUT2D eigenvalue weighted by Crippen LogP contribution is -2.62. The van der Waals surface area contributed by atoms with E-state index >= 15 is 0 Å². The maximum atomic E-state index is 14.1. The Labute approximate surface area is 253 Å². The smallest absolute Gasteiger partial charge is 0.410 e. The van der Waals surface area contributed by atoms with Crippen molar-refractivity contribution in [2.24, 2.45) is 28.1 Å². The lowest BCUT2D eigenvalue weighted by molar-refractivity contribution is -0.144. The number of amides is 6. The van der Waals surface area contributed by atoms with Crippen LogP contribution < -0.4 is 21.3 Å². The van der Waals surface area contributed by atoms with Gasteiger partial charge in [-0.1, -0.05) is 61.5 Å². The van der Waals surface area contributed by atoms with E-state index in [4.69, 9.17) is 4.74 Å². The molecule has 1 unspecified atom stereocenters. The molecule has 13 heteroatoms. The summed E-state index contributed by atoms with van der Waals surface area (Å²) in [5, 5.41) is 10.7. The molecule has 2 saturated heterocycles. The predicted molar refractivity (Wildman–Crippen MR) is 159 cm³/mol. The first kappa shape index (κ1) is 33.9. The number of piperidine rings is 1. The van der Waals surface area contributed by atoms with Crippen LogP contribution >= 0.6 is 0 Å². The number of urea groups is 1. The molecule has 0 aromatic rings. The van der Waals surface area contributed by atoms with Gasteiger partial charge in [0.1, 0.15) is 18.7 Å². The molecule has 0 spiro atoms. The molecule has 5 atom stereocenters. The lowest BCUT2D eigenvalue weighted by atomic mass is 9.85. The number of ether oxygens (including phenoxy) is 1. The molecular formula is C30H48N6O7. The average Bonchev–Trinajstić information content (AvgIpc) is 3.25. The number of hydrogen-bond donors (Lipinski definition) is 4. The Balaban J connectivity index is 1.74. The second-order valence-electron chi connectivity index (χ2n) is 14.4. The highest BCUT2D eigenvalue weighted by molar-refractivity contribution is 6.37. The summed E-state index contributed by atoms with van der Waals surface area (Å²) < 4.78 is 5.03. The van der Waals surface area contributed by atoms with Crippen molar-refractivity contribution in [1.29, 1.82) is 0 Å². The van der Waals surface area contributed by atoms with E-state index in [1.54, 1.807) is 0 Å². The van der Waals surface area contributed by atoms with Crippen molar-refractivity contribution < 1.29 is 33.5 Å². The SMILES string of the molecule is C=CCNC(=O)C(=O)CNC(=O)C1[C@@H]2[C@H](CN1C(=O)[C@@H](NC(=O)N[C@H](CN1CCOC1=O)C(C)(C)C)C(C)(C)C)C2(C)C. The quantitative estimate of drug-likeness (QED) is 0.202. The molecule has 1 saturated carbocycles. The van der Waals surface area contributed by atoms with Gasteiger partial charge in [0.15, 0.2) is 0 Å². The molecule has 4 N–H and O–H groups in total. The van der Waals surface area contributed by atoms with Gasteiger partial charge >= 0.3 is 12.1 Å². The summed E-state index contributed by atoms with van der Waals surface area (Å²) in [5.74, 6) is -2.60. The van der Waals surface area contributed by atoms with Crippen molar-refractivity contribution >= 4 is 35.6 Å². The Morgan fingerprint density at radius 3 is 2.23 bits per heavy atom. The zero-order valence-electron chi connectivity index (χ0n) is 26.7. The van der Waals surface area contributed by atoms with Crippen molar-refractivity contribution in [3.8, 4) is 0 Å². The summed E-state index contributed by atoms with van der Waals surface area (Å²) in [4.78, 5) is 80.1. The molecule has 240 valence electrons. The van der Waals surface area contributed by atoms with E-state index in [9.17, 15) is 28.8 Å². The van der Waals surface area contributed by atoms with Gasteiger partial charge in [0.2, 0.25) is 17.6 Å². The molecule has 0 aromatic heterocycles. The van der Waals surface area contributed by atoms with Crippen LogP contribution in [0.3, 0.4) is 0 Å². The molecule has 2 aliphatic heterocycles. The van der Waals surface area contributed by atoms with Crippen LogP contribution in [0.4, 0.5) is 9.59 Å². The molecule has 1 aliphatic carbocycles. The summed E-state index contributed by atoms with van der Waals surface area (Å²) in [6, 6.07) is -2.83. The topological polar surface area (TPSA) is 166 Å². The normalized spacial score (nSPS) is 23.8. The third kappa shape index (κ3) is 7.66. The first-order valence-electron chi connectivity index (χ1n) is 14.8. The van der Waals surface area contributed by atoms with E-state index in [-0.39, 0.29) is 30.3 Å². The summed E-state index contributed by atoms with van der Waals surface area (Å²) in [7, 11) is 0. The van der Waals surface area contributed by atoms with Crippen molar-refractivity contribution in [2.75, 3.05) is 39.3 Å². The second-order valence-corrected chi connectivity index (χ2v) is 14.4. The molecule has 0 aromatic carbocycles. The Hall–Kier alpha value is -3.64. The van der Waals surface area contributed by atoms with Gasteiger partial charge in [-0.3, -0.25) is 19.2 Å². The second kappa shape index (κ2) is 12.5. The third-order valence-corrected chi connectivity index (χ3v) is 8.83. The van der Waals surface area contributed by atoms with Crippen LogP contribution in [-0.2, 0) is 23.9 Å². The fourth-order valence-corrected chi connectivity index (χ4v) is 5.92. The minimum atomic E-state index is -0.980. The van der Waals surface area contributed by atoms with E-state index < -0.39 is 71.1 Å². The number of carbonyl (C=O) groups is 6. The fraction of sp³-hybridized carbons (Fsp3) is 0.733. The number of rotatable bonds is 11. The highest BCUT2D eigenvalue weighted by Crippen LogP contribution is 2.65. The van der Waals surface area contributed by atoms with E-state index in [0.29, 0.717) is 19.7 Å². The number of cyclic esters (lactones) is 1. The molecule has 0 radical (unpaired) electrons. The Morgan fingerprint density at radius 1 is 1.05 bits per heavy atom. The van der Waals surface area contributed by atoms with E-state index in [1.807, 2.05) is 55.4 Å². The van der Waals surface area contributed by atoms with Crippen LogP contribution in [0.25, 0.3) is 0 Å². The fourth-order valence-electron chi connectivity index (χ4n) is 5.92. The standard InChI is InChI=1S/C30H48N6O7/c1-10-11-31-23(38)18(37)14-32-24(39)21-20-17(30(20,8)9)15-36(21)25(40)22(29(5,6)7)34-26(41)33-19(28(2,3)4)16-35-12-13-43-27(35)42/h10,17,19-22H,1,11-16H2,2-9H3,(H,31,38)(H,32,39)(H2,33,34,41)/t17-,19+,20-,21?,22+/m0/s1. The molecule has 3 aliphatic rings. The summed E-state index contributed by atoms with van der Waals surface area (Å²) in [6.07, 6.45) is 1.01. The van der Waals surface area contributed by atoms with Crippen LogP contribution in [-0.4, -0.2) is 103 Å². The van der Waals surface area contributed by atoms with Gasteiger partial charge in [-0.2, -0.15) is 0 Å². The van der Waals surface area contributed by atoms with Gasteiger partial charge in [-0.05, 0) is 28.1 Å². The minimum absolute atomic E-state index is 0.0822. The predicted octanol–water partition coefficient (Wildman–Crippen LogP) is 1.04. The van der Waals surface area contributed by atoms with Crippen LogP contribution in [0.1, 0.15) is 55.4 Å². The van der Waals surface area contributed by atoms with Gasteiger partial charge in [-0.15, -0.1) is 6.58 Å². The minimum Gasteiger partial charge on any atom is -0.448 e. The molecule has 3 rings (SSSR count). The Morgan fingerprint density at radius 2 is 1.70 bits per heavy atom. The molecule has 13 nitrogen and oxygen atoms in total. The van der Waals surface area contributed by atoms with Gasteiger partial charge in [0.25, 0.3) is 5.91 Å². The average molecular weight is 605 g/mol. The van der Waals surface area contributed by atoms with Crippen molar-refractivity contribution in [2.45, 2.75) is 73.5 Å². The summed E-state index contributed by atoms with van der Waals surface area (Å²) in [6.45, 7) is 19.8. The number of hydrogen-bond acceptors (Lipinski definition) is 7. The van der Waals surface area contributed by atoms with Gasteiger partial charge in [0, 0.05) is 19.6 Å². The lowest BCUT2D eigenvalue weighted by Gasteiger charge is -2.38. The summed E-state index contributed by atoms with van der Waals surface area (Å²) >= 11 is 0. The van der Waals surface area contributed by atoms with Crippen LogP contribution in [0.15, 0.2) is 12.7 Å². The molecule has 43 heavy (non-hydrogen) atoms. The van der Waals surface area contributed by atoms with Gasteiger partial charge in [-0.25, -0.2) is 9.59 Å². The van der Waals surface area contributed by atoms with Crippen molar-refractivity contribution in [1.82, 2.24) is 31.1 Å². The first-order chi connectivity index (χ1) is 19.8. The largest absolute Gasteiger partial charge is 0.448 e. The maximum absolute atomic E-state index is 14.1. The molecule has 2 heterocycles. The van der Waals surface area contributed by atoms with Crippen LogP contribution in [0, 0.1) is 28.1 Å². The first-order valence-corrected chi connectivity index (χ1v) is 14.8. The van der Waals surface area contributed by atoms with Crippen molar-refractivity contribution in [3.05, 3.63) is 12.7 Å². The number of likely N-dealkylation sites (tertiary alicyclic amines) is 1. The zero-order chi connectivity index (χ0) is 32.5. The van der Waals surface area contributed by atoms with E-state index in [2.05, 4.69) is 27.8 Å². The molecular weight excluding hydrogens is 556 g/mol. The number of nitrogens with zero attached hydrogens (tertiary/aromatic N) is 2. The van der Waals surface area contributed by atoms with Gasteiger partial charge in [0.05, 0.1) is 19.1 Å². The number of Topliss-reactive ketones (excluding diaryl/α,β-unsaturated/α-hetero) is 1. The van der Waals surface area contributed by atoms with Crippen LogP contribution in [0.5, 0.6) is 0 Å². The summed E-state index contributed by atoms with van der Waals surface area (Å²) in [5.41, 5.74) is -1.30. The third-order valence-electron chi connectivity index (χ3n) is 8.83. The Bertz CT molecular complexity index is 1150. The van der Waals surface area contributed by atoms with Gasteiger partial charge < -0.3 is 35.8 Å².